The number of anilines is 2. The van der Waals surface area contributed by atoms with Gasteiger partial charge in [-0.1, -0.05) is 6.07 Å². The Balaban J connectivity index is 1.53. The normalized spacial score (nSPS) is 10.4. The quantitative estimate of drug-likeness (QED) is 0.614. The van der Waals surface area contributed by atoms with Crippen molar-refractivity contribution in [2.75, 3.05) is 5.32 Å². The molecule has 0 aliphatic carbocycles. The topological polar surface area (TPSA) is 101 Å². The summed E-state index contributed by atoms with van der Waals surface area (Å²) in [6.07, 6.45) is 0. The number of hydrogen-bond acceptors (Lipinski definition) is 7. The third-order valence-electron chi connectivity index (χ3n) is 3.40. The number of ether oxygens (including phenoxy) is 1. The SMILES string of the molecule is N#Cc1ccc(Oc2cccc(Nc3ccc4nnnn4n3)c2)cc1. The number of nitriles is 1. The van der Waals surface area contributed by atoms with Crippen LogP contribution in [-0.4, -0.2) is 25.3 Å². The maximum Gasteiger partial charge on any atom is 0.200 e. The van der Waals surface area contributed by atoms with E-state index in [0.717, 1.165) is 5.69 Å². The minimum absolute atomic E-state index is 0.573. The zero-order valence-electron chi connectivity index (χ0n) is 12.9. The Kier molecular flexibility index (Phi) is 3.65. The highest BCUT2D eigenvalue weighted by atomic mass is 16.5. The van der Waals surface area contributed by atoms with Gasteiger partial charge in [0.05, 0.1) is 11.6 Å². The van der Waals surface area contributed by atoms with Crippen LogP contribution in [-0.2, 0) is 0 Å². The molecule has 0 aliphatic heterocycles. The molecule has 0 saturated heterocycles. The van der Waals surface area contributed by atoms with Crippen LogP contribution in [0.4, 0.5) is 11.5 Å². The van der Waals surface area contributed by atoms with Crippen molar-refractivity contribution in [2.45, 2.75) is 0 Å². The van der Waals surface area contributed by atoms with Crippen LogP contribution in [0.25, 0.3) is 5.65 Å². The van der Waals surface area contributed by atoms with Crippen LogP contribution in [0.15, 0.2) is 60.7 Å². The lowest BCUT2D eigenvalue weighted by Gasteiger charge is -2.09. The van der Waals surface area contributed by atoms with Crippen LogP contribution in [0.1, 0.15) is 5.56 Å². The average Bonchev–Trinajstić information content (AvgIpc) is 3.10. The first-order valence-electron chi connectivity index (χ1n) is 7.41. The molecule has 4 rings (SSSR count). The molecule has 8 heteroatoms. The molecule has 0 radical (unpaired) electrons. The zero-order valence-corrected chi connectivity index (χ0v) is 12.9. The third-order valence-corrected chi connectivity index (χ3v) is 3.40. The van der Waals surface area contributed by atoms with Crippen LogP contribution in [0.2, 0.25) is 0 Å². The van der Waals surface area contributed by atoms with E-state index in [1.54, 1.807) is 36.4 Å². The molecule has 0 atom stereocenters. The summed E-state index contributed by atoms with van der Waals surface area (Å²) in [5.74, 6) is 1.93. The van der Waals surface area contributed by atoms with E-state index in [2.05, 4.69) is 32.0 Å². The molecule has 0 saturated carbocycles. The van der Waals surface area contributed by atoms with E-state index in [1.807, 2.05) is 24.3 Å². The van der Waals surface area contributed by atoms with E-state index in [4.69, 9.17) is 10.00 Å². The van der Waals surface area contributed by atoms with Crippen molar-refractivity contribution in [1.29, 1.82) is 5.26 Å². The first-order chi connectivity index (χ1) is 12.3. The molecule has 0 bridgehead atoms. The van der Waals surface area contributed by atoms with Crippen LogP contribution in [0.5, 0.6) is 11.5 Å². The molecular weight excluding hydrogens is 318 g/mol. The fraction of sp³-hybridized carbons (Fsp3) is 0. The largest absolute Gasteiger partial charge is 0.457 e. The Bertz CT molecular complexity index is 1070. The molecule has 2 aromatic heterocycles. The molecule has 2 aromatic carbocycles. The number of aromatic nitrogens is 5. The van der Waals surface area contributed by atoms with Gasteiger partial charge in [0, 0.05) is 11.8 Å². The number of tetrazole rings is 1. The molecule has 4 aromatic rings. The Morgan fingerprint density at radius 2 is 1.88 bits per heavy atom. The Hall–Kier alpha value is -3.99. The van der Waals surface area contributed by atoms with Gasteiger partial charge in [0.1, 0.15) is 11.5 Å². The third kappa shape index (κ3) is 3.20. The number of benzene rings is 2. The second-order valence-electron chi connectivity index (χ2n) is 5.14. The Morgan fingerprint density at radius 1 is 1.00 bits per heavy atom. The summed E-state index contributed by atoms with van der Waals surface area (Å²) in [7, 11) is 0. The summed E-state index contributed by atoms with van der Waals surface area (Å²) in [6, 6.07) is 20.0. The lowest BCUT2D eigenvalue weighted by atomic mass is 10.2. The summed E-state index contributed by atoms with van der Waals surface area (Å²) in [4.78, 5) is 0. The van der Waals surface area contributed by atoms with Gasteiger partial charge >= 0.3 is 0 Å². The smallest absolute Gasteiger partial charge is 0.200 e. The fourth-order valence-corrected chi connectivity index (χ4v) is 2.24. The molecule has 120 valence electrons. The van der Waals surface area contributed by atoms with Gasteiger partial charge in [-0.15, -0.1) is 14.8 Å². The maximum atomic E-state index is 8.83. The van der Waals surface area contributed by atoms with E-state index in [0.29, 0.717) is 28.5 Å². The highest BCUT2D eigenvalue weighted by Gasteiger charge is 2.03. The molecule has 0 spiro atoms. The summed E-state index contributed by atoms with van der Waals surface area (Å²) in [5, 5.41) is 27.4. The minimum Gasteiger partial charge on any atom is -0.457 e. The van der Waals surface area contributed by atoms with E-state index < -0.39 is 0 Å². The number of rotatable bonds is 4. The average molecular weight is 329 g/mol. The molecule has 0 aliphatic rings. The molecular formula is C17H11N7O. The van der Waals surface area contributed by atoms with Gasteiger partial charge in [-0.25, -0.2) is 0 Å². The van der Waals surface area contributed by atoms with Crippen LogP contribution >= 0.6 is 0 Å². The molecule has 25 heavy (non-hydrogen) atoms. The highest BCUT2D eigenvalue weighted by Crippen LogP contribution is 2.25. The van der Waals surface area contributed by atoms with Crippen LogP contribution in [0, 0.1) is 11.3 Å². The van der Waals surface area contributed by atoms with E-state index in [1.165, 1.54) is 4.63 Å². The van der Waals surface area contributed by atoms with Gasteiger partial charge in [0.2, 0.25) is 0 Å². The van der Waals surface area contributed by atoms with E-state index in [-0.39, 0.29) is 0 Å². The molecule has 0 fully saturated rings. The monoisotopic (exact) mass is 329 g/mol. The second-order valence-corrected chi connectivity index (χ2v) is 5.14. The van der Waals surface area contributed by atoms with Gasteiger partial charge < -0.3 is 10.1 Å². The summed E-state index contributed by atoms with van der Waals surface area (Å²) < 4.78 is 7.15. The predicted molar refractivity (Wildman–Crippen MR) is 89.5 cm³/mol. The van der Waals surface area contributed by atoms with Gasteiger partial charge in [-0.2, -0.15) is 5.26 Å². The molecule has 8 nitrogen and oxygen atoms in total. The van der Waals surface area contributed by atoms with Crippen LogP contribution in [0.3, 0.4) is 0 Å². The second kappa shape index (κ2) is 6.25. The van der Waals surface area contributed by atoms with Gasteiger partial charge in [-0.3, -0.25) is 0 Å². The van der Waals surface area contributed by atoms with Crippen molar-refractivity contribution in [1.82, 2.24) is 25.3 Å². The fourth-order valence-electron chi connectivity index (χ4n) is 2.24. The van der Waals surface area contributed by atoms with Crippen molar-refractivity contribution in [2.24, 2.45) is 0 Å². The van der Waals surface area contributed by atoms with Gasteiger partial charge in [-0.05, 0) is 59.0 Å². The van der Waals surface area contributed by atoms with Crippen molar-refractivity contribution in [3.63, 3.8) is 0 Å². The molecule has 1 N–H and O–H groups in total. The first-order valence-corrected chi connectivity index (χ1v) is 7.41. The predicted octanol–water partition coefficient (Wildman–Crippen LogP) is 2.93. The maximum absolute atomic E-state index is 8.83. The lowest BCUT2D eigenvalue weighted by Crippen LogP contribution is -2.00. The first kappa shape index (κ1) is 14.6. The van der Waals surface area contributed by atoms with Crippen molar-refractivity contribution < 1.29 is 4.74 Å². The number of nitrogens with zero attached hydrogens (tertiary/aromatic N) is 6. The van der Waals surface area contributed by atoms with E-state index >= 15 is 0 Å². The zero-order chi connectivity index (χ0) is 17.1. The van der Waals surface area contributed by atoms with Crippen molar-refractivity contribution >= 4 is 17.2 Å². The lowest BCUT2D eigenvalue weighted by molar-refractivity contribution is 0.483. The van der Waals surface area contributed by atoms with Gasteiger partial charge in [0.15, 0.2) is 11.5 Å². The van der Waals surface area contributed by atoms with Gasteiger partial charge in [0.25, 0.3) is 0 Å². The minimum atomic E-state index is 0.573. The summed E-state index contributed by atoms with van der Waals surface area (Å²) in [5.41, 5.74) is 1.97. The van der Waals surface area contributed by atoms with Crippen molar-refractivity contribution in [3.8, 4) is 17.6 Å². The number of fused-ring (bicyclic) bond motifs is 1. The summed E-state index contributed by atoms with van der Waals surface area (Å²) >= 11 is 0. The number of nitrogens with one attached hydrogen (secondary N) is 1. The highest BCUT2D eigenvalue weighted by molar-refractivity contribution is 5.59. The van der Waals surface area contributed by atoms with E-state index in [9.17, 15) is 0 Å². The standard InChI is InChI=1S/C17H11N7O/c18-11-12-4-6-14(7-5-12)25-15-3-1-2-13(10-15)19-16-8-9-17-20-22-23-24(17)21-16/h1-10H,(H,19,21). The van der Waals surface area contributed by atoms with Crippen molar-refractivity contribution in [3.05, 3.63) is 66.2 Å². The molecule has 2 heterocycles. The molecule has 0 unspecified atom stereocenters. The number of hydrogen-bond donors (Lipinski definition) is 1. The molecule has 0 amide bonds. The Morgan fingerprint density at radius 3 is 2.72 bits per heavy atom. The Labute approximate surface area is 142 Å². The van der Waals surface area contributed by atoms with Crippen LogP contribution < -0.4 is 10.1 Å². The summed E-state index contributed by atoms with van der Waals surface area (Å²) in [6.45, 7) is 0.